The number of halogens is 1. The first kappa shape index (κ1) is 9.80. The summed E-state index contributed by atoms with van der Waals surface area (Å²) >= 11 is 10.5. The lowest BCUT2D eigenvalue weighted by molar-refractivity contribution is 1.46. The van der Waals surface area contributed by atoms with E-state index < -0.39 is 0 Å². The van der Waals surface area contributed by atoms with Gasteiger partial charge in [0.1, 0.15) is 0 Å². The van der Waals surface area contributed by atoms with Crippen LogP contribution in [0.1, 0.15) is 0 Å². The largest absolute Gasteiger partial charge is 0.241 e. The molecule has 0 amide bonds. The van der Waals surface area contributed by atoms with E-state index in [2.05, 4.69) is 10.0 Å². The Balaban J connectivity index is 2.85. The van der Waals surface area contributed by atoms with Gasteiger partial charge in [-0.2, -0.15) is 0 Å². The molecule has 0 aliphatic heterocycles. The van der Waals surface area contributed by atoms with Gasteiger partial charge in [-0.25, -0.2) is 4.42 Å². The highest BCUT2D eigenvalue weighted by Crippen LogP contribution is 2.16. The Labute approximate surface area is 85.5 Å². The molecule has 1 aromatic rings. The van der Waals surface area contributed by atoms with Gasteiger partial charge in [0, 0.05) is 16.7 Å². The minimum atomic E-state index is -0.0182. The molecule has 0 heterocycles. The van der Waals surface area contributed by atoms with E-state index in [4.69, 9.17) is 29.5 Å². The molecule has 6 heteroatoms. The molecular formula is C7H5ClN4S. The van der Waals surface area contributed by atoms with Crippen LogP contribution in [-0.2, 0) is 0 Å². The highest BCUT2D eigenvalue weighted by atomic mass is 35.5. The second-order valence-corrected chi connectivity index (χ2v) is 2.79. The number of para-hydroxylation sites is 1. The van der Waals surface area contributed by atoms with Gasteiger partial charge < -0.3 is 0 Å². The zero-order valence-electron chi connectivity index (χ0n) is 6.46. The summed E-state index contributed by atoms with van der Waals surface area (Å²) in [6, 6.07) is 8.98. The minimum absolute atomic E-state index is 0.0182. The van der Waals surface area contributed by atoms with Gasteiger partial charge in [0.05, 0.1) is 5.69 Å². The van der Waals surface area contributed by atoms with E-state index >= 15 is 0 Å². The van der Waals surface area contributed by atoms with E-state index in [0.717, 1.165) is 4.42 Å². The molecule has 0 aliphatic rings. The maximum atomic E-state index is 8.12. The van der Waals surface area contributed by atoms with Crippen LogP contribution >= 0.6 is 24.0 Å². The summed E-state index contributed by atoms with van der Waals surface area (Å²) in [7, 11) is 0. The number of hydrogen-bond donors (Lipinski definition) is 0. The molecule has 4 nitrogen and oxygen atoms in total. The maximum Gasteiger partial charge on any atom is 0.185 e. The molecule has 13 heavy (non-hydrogen) atoms. The SMILES string of the molecule is [N-]=[N+]=NC(=S)N(Cl)c1ccccc1. The van der Waals surface area contributed by atoms with Crippen molar-refractivity contribution in [3.05, 3.63) is 40.8 Å². The predicted molar refractivity (Wildman–Crippen MR) is 56.5 cm³/mol. The van der Waals surface area contributed by atoms with Crippen LogP contribution in [0, 0.1) is 0 Å². The third kappa shape index (κ3) is 2.59. The Bertz CT molecular complexity index is 347. The van der Waals surface area contributed by atoms with Gasteiger partial charge in [-0.15, -0.1) is 0 Å². The average Bonchev–Trinajstić information content (AvgIpc) is 2.18. The van der Waals surface area contributed by atoms with Crippen molar-refractivity contribution in [2.24, 2.45) is 5.11 Å². The predicted octanol–water partition coefficient (Wildman–Crippen LogP) is 3.24. The van der Waals surface area contributed by atoms with E-state index in [1.165, 1.54) is 0 Å². The monoisotopic (exact) mass is 212 g/mol. The quantitative estimate of drug-likeness (QED) is 0.236. The van der Waals surface area contributed by atoms with Gasteiger partial charge in [-0.1, -0.05) is 30.4 Å². The van der Waals surface area contributed by atoms with Crippen LogP contribution in [0.25, 0.3) is 10.4 Å². The van der Waals surface area contributed by atoms with Gasteiger partial charge in [0.15, 0.2) is 5.11 Å². The standard InChI is InChI=1S/C7H5ClN4S/c8-12(7(13)10-11-9)6-4-2-1-3-5-6/h1-5H. The zero-order chi connectivity index (χ0) is 9.68. The van der Waals surface area contributed by atoms with Crippen LogP contribution < -0.4 is 4.42 Å². The van der Waals surface area contributed by atoms with Crippen LogP contribution in [-0.4, -0.2) is 5.11 Å². The molecule has 0 aromatic heterocycles. The summed E-state index contributed by atoms with van der Waals surface area (Å²) in [5.41, 5.74) is 8.79. The molecule has 0 aliphatic carbocycles. The van der Waals surface area contributed by atoms with Crippen molar-refractivity contribution in [1.29, 1.82) is 0 Å². The third-order valence-electron chi connectivity index (χ3n) is 1.28. The fourth-order valence-electron chi connectivity index (χ4n) is 0.747. The Kier molecular flexibility index (Phi) is 3.52. The lowest BCUT2D eigenvalue weighted by Crippen LogP contribution is -2.14. The first-order chi connectivity index (χ1) is 6.25. The van der Waals surface area contributed by atoms with Crippen LogP contribution in [0.4, 0.5) is 5.69 Å². The molecule has 0 unspecified atom stereocenters. The van der Waals surface area contributed by atoms with Gasteiger partial charge in [0.2, 0.25) is 0 Å². The van der Waals surface area contributed by atoms with Crippen molar-refractivity contribution in [3.8, 4) is 0 Å². The third-order valence-corrected chi connectivity index (χ3v) is 2.00. The van der Waals surface area contributed by atoms with Crippen molar-refractivity contribution in [1.82, 2.24) is 0 Å². The Morgan fingerprint density at radius 1 is 1.46 bits per heavy atom. The molecule has 0 fully saturated rings. The van der Waals surface area contributed by atoms with Gasteiger partial charge >= 0.3 is 0 Å². The Morgan fingerprint density at radius 2 is 2.08 bits per heavy atom. The van der Waals surface area contributed by atoms with E-state index in [9.17, 15) is 0 Å². The normalized spacial score (nSPS) is 8.69. The van der Waals surface area contributed by atoms with Crippen molar-refractivity contribution in [3.63, 3.8) is 0 Å². The number of rotatable bonds is 1. The second-order valence-electron chi connectivity index (χ2n) is 2.09. The van der Waals surface area contributed by atoms with E-state index in [-0.39, 0.29) is 5.11 Å². The topological polar surface area (TPSA) is 52.0 Å². The van der Waals surface area contributed by atoms with Crippen molar-refractivity contribution in [2.45, 2.75) is 0 Å². The van der Waals surface area contributed by atoms with Crippen molar-refractivity contribution < 1.29 is 0 Å². The van der Waals surface area contributed by atoms with Crippen LogP contribution in [0.5, 0.6) is 0 Å². The fraction of sp³-hybridized carbons (Fsp3) is 0. The summed E-state index contributed by atoms with van der Waals surface area (Å²) in [5, 5.41) is 3.19. The van der Waals surface area contributed by atoms with Gasteiger partial charge in [0.25, 0.3) is 0 Å². The highest BCUT2D eigenvalue weighted by molar-refractivity contribution is 7.80. The molecule has 0 saturated carbocycles. The molecule has 0 N–H and O–H groups in total. The van der Waals surface area contributed by atoms with Gasteiger partial charge in [-0.05, 0) is 22.8 Å². The lowest BCUT2D eigenvalue weighted by atomic mass is 10.3. The van der Waals surface area contributed by atoms with E-state index in [1.54, 1.807) is 12.1 Å². The Hall–Kier alpha value is -1.29. The molecule has 1 aromatic carbocycles. The molecule has 1 rings (SSSR count). The van der Waals surface area contributed by atoms with Crippen molar-refractivity contribution >= 4 is 34.8 Å². The number of hydrogen-bond acceptors (Lipinski definition) is 1. The van der Waals surface area contributed by atoms with Crippen LogP contribution in [0.15, 0.2) is 35.4 Å². The molecule has 0 spiro atoms. The van der Waals surface area contributed by atoms with Crippen molar-refractivity contribution in [2.75, 3.05) is 4.42 Å². The fourth-order valence-corrected chi connectivity index (χ4v) is 1.04. The highest BCUT2D eigenvalue weighted by Gasteiger charge is 2.05. The van der Waals surface area contributed by atoms with Crippen LogP contribution in [0.2, 0.25) is 0 Å². The minimum Gasteiger partial charge on any atom is -0.241 e. The second kappa shape index (κ2) is 4.67. The summed E-state index contributed by atoms with van der Waals surface area (Å²) in [6.45, 7) is 0. The van der Waals surface area contributed by atoms with E-state index in [1.807, 2.05) is 18.2 Å². The number of thiocarbonyl (C=S) groups is 1. The molecule has 66 valence electrons. The van der Waals surface area contributed by atoms with Crippen LogP contribution in [0.3, 0.4) is 0 Å². The summed E-state index contributed by atoms with van der Waals surface area (Å²) in [6.07, 6.45) is 0. The average molecular weight is 213 g/mol. The summed E-state index contributed by atoms with van der Waals surface area (Å²) < 4.78 is 1.12. The first-order valence-corrected chi connectivity index (χ1v) is 4.10. The number of nitrogens with zero attached hydrogens (tertiary/aromatic N) is 4. The molecule has 0 atom stereocenters. The molecule has 0 bridgehead atoms. The lowest BCUT2D eigenvalue weighted by Gasteiger charge is -2.11. The molecular weight excluding hydrogens is 208 g/mol. The smallest absolute Gasteiger partial charge is 0.185 e. The number of azide groups is 1. The number of anilines is 1. The summed E-state index contributed by atoms with van der Waals surface area (Å²) in [5.74, 6) is 0. The molecule has 0 radical (unpaired) electrons. The van der Waals surface area contributed by atoms with E-state index in [0.29, 0.717) is 5.69 Å². The zero-order valence-corrected chi connectivity index (χ0v) is 8.03. The maximum absolute atomic E-state index is 8.12. The van der Waals surface area contributed by atoms with Gasteiger partial charge in [-0.3, -0.25) is 0 Å². The summed E-state index contributed by atoms with van der Waals surface area (Å²) in [4.78, 5) is 2.54. The number of benzene rings is 1. The Morgan fingerprint density at radius 3 is 2.62 bits per heavy atom. The molecule has 0 saturated heterocycles. The first-order valence-electron chi connectivity index (χ1n) is 3.35.